The second-order valence-corrected chi connectivity index (χ2v) is 7.88. The molecule has 2 aromatic rings. The first-order valence-electron chi connectivity index (χ1n) is 8.50. The van der Waals surface area contributed by atoms with Gasteiger partial charge in [-0.2, -0.15) is 0 Å². The molecule has 4 heteroatoms. The minimum Gasteiger partial charge on any atom is -0.305 e. The van der Waals surface area contributed by atoms with Gasteiger partial charge in [0.1, 0.15) is 0 Å². The Morgan fingerprint density at radius 2 is 2.00 bits per heavy atom. The first-order valence-corrected chi connectivity index (χ1v) is 9.38. The molecule has 124 valence electrons. The molecule has 1 atom stereocenters. The third-order valence-electron chi connectivity index (χ3n) is 4.51. The highest BCUT2D eigenvalue weighted by Gasteiger charge is 2.24. The van der Waals surface area contributed by atoms with Gasteiger partial charge in [-0.3, -0.25) is 4.90 Å². The number of aryl methyl sites for hydroxylation is 1. The van der Waals surface area contributed by atoms with E-state index < -0.39 is 0 Å². The number of nitrogens with zero attached hydrogens (tertiary/aromatic N) is 3. The van der Waals surface area contributed by atoms with Crippen molar-refractivity contribution in [3.8, 4) is 0 Å². The SMILES string of the molecule is Cc1nc(CN2CCCCC2c2ccc(CN(C)C)cc2)cs1. The molecule has 0 bridgehead atoms. The summed E-state index contributed by atoms with van der Waals surface area (Å²) in [5.74, 6) is 0. The average Bonchev–Trinajstić information content (AvgIpc) is 2.93. The summed E-state index contributed by atoms with van der Waals surface area (Å²) in [6.45, 7) is 5.26. The molecular formula is C19H27N3S. The molecule has 3 rings (SSSR count). The number of rotatable bonds is 5. The van der Waals surface area contributed by atoms with E-state index in [2.05, 4.69) is 65.4 Å². The van der Waals surface area contributed by atoms with Crippen molar-refractivity contribution in [3.05, 3.63) is 51.5 Å². The van der Waals surface area contributed by atoms with Crippen molar-refractivity contribution in [2.45, 2.75) is 45.3 Å². The summed E-state index contributed by atoms with van der Waals surface area (Å²) in [5, 5.41) is 3.38. The molecule has 0 spiro atoms. The molecule has 1 saturated heterocycles. The quantitative estimate of drug-likeness (QED) is 0.818. The minimum atomic E-state index is 0.541. The summed E-state index contributed by atoms with van der Waals surface area (Å²) in [5.41, 5.74) is 4.07. The second-order valence-electron chi connectivity index (χ2n) is 6.82. The standard InChI is InChI=1S/C19H27N3S/c1-15-20-18(14-23-15)13-22-11-5-4-6-19(22)17-9-7-16(8-10-17)12-21(2)3/h7-10,14,19H,4-6,11-13H2,1-3H3. The highest BCUT2D eigenvalue weighted by atomic mass is 32.1. The van der Waals surface area contributed by atoms with Gasteiger partial charge in [0.25, 0.3) is 0 Å². The van der Waals surface area contributed by atoms with Crippen molar-refractivity contribution in [1.29, 1.82) is 0 Å². The Labute approximate surface area is 144 Å². The van der Waals surface area contributed by atoms with E-state index in [1.165, 1.54) is 47.6 Å². The number of hydrogen-bond acceptors (Lipinski definition) is 4. The Morgan fingerprint density at radius 3 is 2.65 bits per heavy atom. The third kappa shape index (κ3) is 4.40. The Balaban J connectivity index is 1.72. The van der Waals surface area contributed by atoms with E-state index in [1.807, 2.05) is 0 Å². The van der Waals surface area contributed by atoms with Crippen LogP contribution in [0.25, 0.3) is 0 Å². The molecule has 0 radical (unpaired) electrons. The fourth-order valence-corrected chi connectivity index (χ4v) is 4.06. The highest BCUT2D eigenvalue weighted by Crippen LogP contribution is 2.32. The van der Waals surface area contributed by atoms with Crippen LogP contribution in [0.15, 0.2) is 29.6 Å². The monoisotopic (exact) mass is 329 g/mol. The number of benzene rings is 1. The lowest BCUT2D eigenvalue weighted by atomic mass is 9.94. The van der Waals surface area contributed by atoms with Gasteiger partial charge in [0, 0.05) is 24.5 Å². The molecule has 0 N–H and O–H groups in total. The third-order valence-corrected chi connectivity index (χ3v) is 5.33. The van der Waals surface area contributed by atoms with Crippen LogP contribution in [0.2, 0.25) is 0 Å². The van der Waals surface area contributed by atoms with Crippen molar-refractivity contribution >= 4 is 11.3 Å². The lowest BCUT2D eigenvalue weighted by Crippen LogP contribution is -2.33. The van der Waals surface area contributed by atoms with E-state index in [9.17, 15) is 0 Å². The number of piperidine rings is 1. The molecule has 0 aliphatic carbocycles. The van der Waals surface area contributed by atoms with Gasteiger partial charge in [-0.15, -0.1) is 11.3 Å². The summed E-state index contributed by atoms with van der Waals surface area (Å²) in [6.07, 6.45) is 3.89. The van der Waals surface area contributed by atoms with Gasteiger partial charge in [0.15, 0.2) is 0 Å². The Kier molecular flexibility index (Phi) is 5.46. The topological polar surface area (TPSA) is 19.4 Å². The van der Waals surface area contributed by atoms with Gasteiger partial charge in [-0.25, -0.2) is 4.98 Å². The van der Waals surface area contributed by atoms with Crippen molar-refractivity contribution in [2.75, 3.05) is 20.6 Å². The summed E-state index contributed by atoms with van der Waals surface area (Å²) in [6, 6.07) is 9.77. The zero-order valence-electron chi connectivity index (χ0n) is 14.5. The van der Waals surface area contributed by atoms with Crippen LogP contribution in [0.1, 0.15) is 47.1 Å². The lowest BCUT2D eigenvalue weighted by Gasteiger charge is -2.35. The zero-order chi connectivity index (χ0) is 16.2. The first kappa shape index (κ1) is 16.6. The van der Waals surface area contributed by atoms with Crippen LogP contribution in [0, 0.1) is 6.92 Å². The van der Waals surface area contributed by atoms with Crippen molar-refractivity contribution < 1.29 is 0 Å². The van der Waals surface area contributed by atoms with Crippen LogP contribution < -0.4 is 0 Å². The lowest BCUT2D eigenvalue weighted by molar-refractivity contribution is 0.139. The molecule has 0 amide bonds. The van der Waals surface area contributed by atoms with Crippen LogP contribution in [0.3, 0.4) is 0 Å². The Hall–Kier alpha value is -1.23. The number of likely N-dealkylation sites (tertiary alicyclic amines) is 1. The van der Waals surface area contributed by atoms with Gasteiger partial charge in [0.05, 0.1) is 10.7 Å². The molecule has 1 aromatic heterocycles. The van der Waals surface area contributed by atoms with E-state index in [0.29, 0.717) is 6.04 Å². The molecule has 3 nitrogen and oxygen atoms in total. The van der Waals surface area contributed by atoms with Gasteiger partial charge < -0.3 is 4.90 Å². The number of thiazole rings is 1. The fraction of sp³-hybridized carbons (Fsp3) is 0.526. The normalized spacial score (nSPS) is 19.4. The maximum Gasteiger partial charge on any atom is 0.0897 e. The minimum absolute atomic E-state index is 0.541. The molecule has 2 heterocycles. The predicted molar refractivity (Wildman–Crippen MR) is 97.7 cm³/mol. The smallest absolute Gasteiger partial charge is 0.0897 e. The molecule has 1 unspecified atom stereocenters. The van der Waals surface area contributed by atoms with E-state index in [0.717, 1.165) is 13.1 Å². The fourth-order valence-electron chi connectivity index (χ4n) is 3.46. The average molecular weight is 330 g/mol. The zero-order valence-corrected chi connectivity index (χ0v) is 15.3. The Morgan fingerprint density at radius 1 is 1.22 bits per heavy atom. The van der Waals surface area contributed by atoms with Gasteiger partial charge in [-0.1, -0.05) is 30.7 Å². The van der Waals surface area contributed by atoms with E-state index in [1.54, 1.807) is 11.3 Å². The molecule has 1 aromatic carbocycles. The summed E-state index contributed by atoms with van der Waals surface area (Å²) in [7, 11) is 4.24. The van der Waals surface area contributed by atoms with Crippen LogP contribution in [-0.2, 0) is 13.1 Å². The summed E-state index contributed by atoms with van der Waals surface area (Å²) < 4.78 is 0. The van der Waals surface area contributed by atoms with Crippen molar-refractivity contribution in [1.82, 2.24) is 14.8 Å². The molecule has 1 aliphatic rings. The second kappa shape index (κ2) is 7.56. The first-order chi connectivity index (χ1) is 11.1. The largest absolute Gasteiger partial charge is 0.305 e. The van der Waals surface area contributed by atoms with Crippen molar-refractivity contribution in [2.24, 2.45) is 0 Å². The molecule has 23 heavy (non-hydrogen) atoms. The van der Waals surface area contributed by atoms with E-state index >= 15 is 0 Å². The van der Waals surface area contributed by atoms with E-state index in [-0.39, 0.29) is 0 Å². The van der Waals surface area contributed by atoms with Gasteiger partial charge in [-0.05, 0) is 51.5 Å². The highest BCUT2D eigenvalue weighted by molar-refractivity contribution is 7.09. The number of aromatic nitrogens is 1. The number of hydrogen-bond donors (Lipinski definition) is 0. The van der Waals surface area contributed by atoms with Gasteiger partial charge >= 0.3 is 0 Å². The van der Waals surface area contributed by atoms with Crippen LogP contribution in [0.5, 0.6) is 0 Å². The maximum atomic E-state index is 4.65. The summed E-state index contributed by atoms with van der Waals surface area (Å²) in [4.78, 5) is 9.48. The molecule has 1 aliphatic heterocycles. The van der Waals surface area contributed by atoms with Crippen molar-refractivity contribution in [3.63, 3.8) is 0 Å². The molecular weight excluding hydrogens is 302 g/mol. The summed E-state index contributed by atoms with van der Waals surface area (Å²) >= 11 is 1.76. The van der Waals surface area contributed by atoms with Crippen LogP contribution in [0.4, 0.5) is 0 Å². The predicted octanol–water partition coefficient (Wildman–Crippen LogP) is 4.24. The molecule has 0 saturated carbocycles. The van der Waals surface area contributed by atoms with Gasteiger partial charge in [0.2, 0.25) is 0 Å². The van der Waals surface area contributed by atoms with Crippen LogP contribution in [-0.4, -0.2) is 35.4 Å². The maximum absolute atomic E-state index is 4.65. The van der Waals surface area contributed by atoms with E-state index in [4.69, 9.17) is 0 Å². The van der Waals surface area contributed by atoms with Crippen LogP contribution >= 0.6 is 11.3 Å². The Bertz CT molecular complexity index is 618. The molecule has 1 fully saturated rings.